The van der Waals surface area contributed by atoms with Crippen LogP contribution in [-0.4, -0.2) is 36.5 Å². The van der Waals surface area contributed by atoms with Crippen LogP contribution in [0.2, 0.25) is 0 Å². The molecule has 0 saturated carbocycles. The minimum Gasteiger partial charge on any atom is -0.313 e. The Bertz CT molecular complexity index is 320. The largest absolute Gasteiger partial charge is 0.313 e. The van der Waals surface area contributed by atoms with E-state index in [1.807, 2.05) is 11.8 Å². The van der Waals surface area contributed by atoms with Gasteiger partial charge in [0.15, 0.2) is 0 Å². The van der Waals surface area contributed by atoms with E-state index >= 15 is 0 Å². The lowest BCUT2D eigenvalue weighted by Crippen LogP contribution is -2.22. The highest BCUT2D eigenvalue weighted by Crippen LogP contribution is 2.07. The first kappa shape index (κ1) is 16.5. The number of hydrogen-bond donors (Lipinski definition) is 1. The molecule has 3 heteroatoms. The number of nitrogens with one attached hydrogen (secondary N) is 1. The van der Waals surface area contributed by atoms with Crippen LogP contribution in [0.25, 0.3) is 0 Å². The Labute approximate surface area is 123 Å². The van der Waals surface area contributed by atoms with Crippen LogP contribution in [-0.2, 0) is 13.1 Å². The molecule has 0 fully saturated rings. The smallest absolute Gasteiger partial charge is 0.0233 e. The molecule has 0 aliphatic heterocycles. The maximum atomic E-state index is 3.50. The number of benzene rings is 1. The van der Waals surface area contributed by atoms with Gasteiger partial charge in [-0.05, 0) is 49.2 Å². The second-order valence-electron chi connectivity index (χ2n) is 4.80. The Hall–Kier alpha value is -0.510. The van der Waals surface area contributed by atoms with Gasteiger partial charge in [0, 0.05) is 13.1 Å². The zero-order valence-electron chi connectivity index (χ0n) is 12.6. The summed E-state index contributed by atoms with van der Waals surface area (Å²) >= 11 is 1.92. The highest BCUT2D eigenvalue weighted by molar-refractivity contribution is 7.98. The SMILES string of the molecule is CCN(CC)Cc1ccc(CNCCCSC)cc1. The third kappa shape index (κ3) is 7.00. The van der Waals surface area contributed by atoms with Crippen molar-refractivity contribution in [2.24, 2.45) is 0 Å². The molecule has 108 valence electrons. The maximum absolute atomic E-state index is 3.50. The predicted molar refractivity (Wildman–Crippen MR) is 87.8 cm³/mol. The van der Waals surface area contributed by atoms with Gasteiger partial charge in [-0.3, -0.25) is 4.90 Å². The van der Waals surface area contributed by atoms with Crippen LogP contribution in [0, 0.1) is 0 Å². The molecule has 19 heavy (non-hydrogen) atoms. The molecule has 0 aliphatic rings. The second kappa shape index (κ2) is 10.3. The number of hydrogen-bond acceptors (Lipinski definition) is 3. The van der Waals surface area contributed by atoms with Crippen molar-refractivity contribution in [3.05, 3.63) is 35.4 Å². The Morgan fingerprint density at radius 2 is 1.68 bits per heavy atom. The van der Waals surface area contributed by atoms with Gasteiger partial charge in [0.1, 0.15) is 0 Å². The molecule has 0 aliphatic carbocycles. The van der Waals surface area contributed by atoms with Crippen molar-refractivity contribution in [1.82, 2.24) is 10.2 Å². The molecular weight excluding hydrogens is 252 g/mol. The summed E-state index contributed by atoms with van der Waals surface area (Å²) in [5, 5.41) is 3.50. The first-order valence-electron chi connectivity index (χ1n) is 7.30. The third-order valence-corrected chi connectivity index (χ3v) is 4.05. The van der Waals surface area contributed by atoms with E-state index in [1.165, 1.54) is 23.3 Å². The molecule has 0 saturated heterocycles. The topological polar surface area (TPSA) is 15.3 Å². The van der Waals surface area contributed by atoms with Crippen molar-refractivity contribution in [3.8, 4) is 0 Å². The summed E-state index contributed by atoms with van der Waals surface area (Å²) in [6, 6.07) is 9.02. The third-order valence-electron chi connectivity index (χ3n) is 3.35. The monoisotopic (exact) mass is 280 g/mol. The summed E-state index contributed by atoms with van der Waals surface area (Å²) in [5.74, 6) is 1.25. The van der Waals surface area contributed by atoms with Gasteiger partial charge in [-0.2, -0.15) is 11.8 Å². The van der Waals surface area contributed by atoms with E-state index in [0.29, 0.717) is 0 Å². The maximum Gasteiger partial charge on any atom is 0.0233 e. The highest BCUT2D eigenvalue weighted by atomic mass is 32.2. The number of rotatable bonds is 10. The van der Waals surface area contributed by atoms with Crippen LogP contribution in [0.3, 0.4) is 0 Å². The van der Waals surface area contributed by atoms with E-state index in [4.69, 9.17) is 0 Å². The van der Waals surface area contributed by atoms with E-state index in [1.54, 1.807) is 0 Å². The summed E-state index contributed by atoms with van der Waals surface area (Å²) < 4.78 is 0. The lowest BCUT2D eigenvalue weighted by atomic mass is 10.1. The normalized spacial score (nSPS) is 11.2. The molecule has 1 aromatic carbocycles. The van der Waals surface area contributed by atoms with Crippen molar-refractivity contribution in [1.29, 1.82) is 0 Å². The molecule has 1 rings (SSSR count). The van der Waals surface area contributed by atoms with Gasteiger partial charge in [0.25, 0.3) is 0 Å². The minimum absolute atomic E-state index is 0.986. The van der Waals surface area contributed by atoms with Crippen molar-refractivity contribution in [2.75, 3.05) is 31.6 Å². The molecule has 1 aromatic rings. The lowest BCUT2D eigenvalue weighted by molar-refractivity contribution is 0.296. The Kier molecular flexibility index (Phi) is 8.97. The fourth-order valence-electron chi connectivity index (χ4n) is 2.04. The summed E-state index contributed by atoms with van der Waals surface area (Å²) in [4.78, 5) is 2.44. The van der Waals surface area contributed by atoms with Crippen LogP contribution >= 0.6 is 11.8 Å². The standard InChI is InChI=1S/C16H28N2S/c1-4-18(5-2)14-16-9-7-15(8-10-16)13-17-11-6-12-19-3/h7-10,17H,4-6,11-14H2,1-3H3. The minimum atomic E-state index is 0.986. The highest BCUT2D eigenvalue weighted by Gasteiger charge is 2.01. The van der Waals surface area contributed by atoms with Gasteiger partial charge < -0.3 is 5.32 Å². The summed E-state index contributed by atoms with van der Waals surface area (Å²) in [6.45, 7) is 9.84. The van der Waals surface area contributed by atoms with Crippen molar-refractivity contribution < 1.29 is 0 Å². The Morgan fingerprint density at radius 3 is 2.26 bits per heavy atom. The van der Waals surface area contributed by atoms with Crippen LogP contribution in [0.4, 0.5) is 0 Å². The van der Waals surface area contributed by atoms with E-state index in [0.717, 1.165) is 32.7 Å². The number of nitrogens with zero attached hydrogens (tertiary/aromatic N) is 1. The van der Waals surface area contributed by atoms with Gasteiger partial charge in [0.05, 0.1) is 0 Å². The molecule has 0 bridgehead atoms. The molecule has 0 amide bonds. The van der Waals surface area contributed by atoms with E-state index in [9.17, 15) is 0 Å². The second-order valence-corrected chi connectivity index (χ2v) is 5.79. The molecular formula is C16H28N2S. The van der Waals surface area contributed by atoms with Crippen LogP contribution in [0.15, 0.2) is 24.3 Å². The molecule has 0 atom stereocenters. The Morgan fingerprint density at radius 1 is 1.05 bits per heavy atom. The van der Waals surface area contributed by atoms with Gasteiger partial charge in [0.2, 0.25) is 0 Å². The molecule has 1 N–H and O–H groups in total. The van der Waals surface area contributed by atoms with Crippen LogP contribution < -0.4 is 5.32 Å². The molecule has 0 aromatic heterocycles. The van der Waals surface area contributed by atoms with E-state index in [2.05, 4.69) is 54.6 Å². The molecule has 0 unspecified atom stereocenters. The fourth-order valence-corrected chi connectivity index (χ4v) is 2.48. The predicted octanol–water partition coefficient (Wildman–Crippen LogP) is 3.37. The van der Waals surface area contributed by atoms with Crippen molar-refractivity contribution in [2.45, 2.75) is 33.4 Å². The molecule has 0 radical (unpaired) electrons. The quantitative estimate of drug-likeness (QED) is 0.662. The van der Waals surface area contributed by atoms with E-state index in [-0.39, 0.29) is 0 Å². The van der Waals surface area contributed by atoms with Crippen LogP contribution in [0.5, 0.6) is 0 Å². The fraction of sp³-hybridized carbons (Fsp3) is 0.625. The molecule has 0 spiro atoms. The zero-order valence-corrected chi connectivity index (χ0v) is 13.4. The van der Waals surface area contributed by atoms with Crippen molar-refractivity contribution >= 4 is 11.8 Å². The average Bonchev–Trinajstić information content (AvgIpc) is 2.46. The van der Waals surface area contributed by atoms with Gasteiger partial charge in [-0.25, -0.2) is 0 Å². The average molecular weight is 280 g/mol. The Balaban J connectivity index is 2.30. The first-order chi connectivity index (χ1) is 9.30. The van der Waals surface area contributed by atoms with E-state index < -0.39 is 0 Å². The first-order valence-corrected chi connectivity index (χ1v) is 8.69. The molecule has 0 heterocycles. The van der Waals surface area contributed by atoms with Crippen molar-refractivity contribution in [3.63, 3.8) is 0 Å². The number of thioether (sulfide) groups is 1. The van der Waals surface area contributed by atoms with Gasteiger partial charge in [-0.1, -0.05) is 38.1 Å². The summed E-state index contributed by atoms with van der Waals surface area (Å²) in [7, 11) is 0. The lowest BCUT2D eigenvalue weighted by Gasteiger charge is -2.18. The van der Waals surface area contributed by atoms with Crippen LogP contribution in [0.1, 0.15) is 31.4 Å². The van der Waals surface area contributed by atoms with Gasteiger partial charge >= 0.3 is 0 Å². The zero-order chi connectivity index (χ0) is 13.9. The summed E-state index contributed by atoms with van der Waals surface area (Å²) in [5.41, 5.74) is 2.79. The summed E-state index contributed by atoms with van der Waals surface area (Å²) in [6.07, 6.45) is 3.41. The molecule has 2 nitrogen and oxygen atoms in total. The van der Waals surface area contributed by atoms with Gasteiger partial charge in [-0.15, -0.1) is 0 Å².